The normalized spacial score (nSPS) is 10.3. The van der Waals surface area contributed by atoms with E-state index in [0.29, 0.717) is 24.3 Å². The first-order chi connectivity index (χ1) is 10.1. The molecule has 5 nitrogen and oxygen atoms in total. The number of pyridine rings is 1. The largest absolute Gasteiger partial charge is 0.399 e. The number of aromatic nitrogens is 1. The molecule has 0 aliphatic heterocycles. The quantitative estimate of drug-likeness (QED) is 0.631. The zero-order valence-electron chi connectivity index (χ0n) is 11.8. The lowest BCUT2D eigenvalue weighted by Gasteiger charge is -2.07. The molecule has 0 spiro atoms. The van der Waals surface area contributed by atoms with E-state index in [0.717, 1.165) is 12.8 Å². The lowest BCUT2D eigenvalue weighted by molar-refractivity contribution is -0.116. The summed E-state index contributed by atoms with van der Waals surface area (Å²) in [6, 6.07) is 12.2. The summed E-state index contributed by atoms with van der Waals surface area (Å²) in [5.41, 5.74) is 6.97. The molecular formula is C16H19N3O2. The van der Waals surface area contributed by atoms with Crippen molar-refractivity contribution in [3.05, 3.63) is 59.0 Å². The molecule has 0 saturated carbocycles. The highest BCUT2D eigenvalue weighted by Gasteiger charge is 2.03. The smallest absolute Gasteiger partial charge is 0.250 e. The van der Waals surface area contributed by atoms with Crippen LogP contribution in [0.3, 0.4) is 0 Å². The van der Waals surface area contributed by atoms with Crippen LogP contribution in [0.5, 0.6) is 0 Å². The molecule has 1 aromatic carbocycles. The molecule has 1 aromatic heterocycles. The Kier molecular flexibility index (Phi) is 5.15. The van der Waals surface area contributed by atoms with Gasteiger partial charge in [0.25, 0.3) is 0 Å². The molecule has 0 aliphatic rings. The molecule has 21 heavy (non-hydrogen) atoms. The molecule has 110 valence electrons. The number of unbranched alkanes of at least 4 members (excludes halogenated alkanes) is 1. The Morgan fingerprint density at radius 1 is 1.14 bits per heavy atom. The number of nitrogens with one attached hydrogen (secondary N) is 1. The Balaban J connectivity index is 1.72. The molecule has 0 bridgehead atoms. The van der Waals surface area contributed by atoms with Gasteiger partial charge in [-0.1, -0.05) is 12.1 Å². The van der Waals surface area contributed by atoms with Gasteiger partial charge in [0, 0.05) is 36.6 Å². The molecule has 0 saturated heterocycles. The maximum absolute atomic E-state index is 11.8. The molecule has 0 aliphatic carbocycles. The van der Waals surface area contributed by atoms with Crippen molar-refractivity contribution >= 4 is 17.3 Å². The fraction of sp³-hybridized carbons (Fsp3) is 0.250. The summed E-state index contributed by atoms with van der Waals surface area (Å²) in [7, 11) is 0. The van der Waals surface area contributed by atoms with Gasteiger partial charge in [-0.25, -0.2) is 0 Å². The van der Waals surface area contributed by atoms with E-state index in [1.807, 2.05) is 6.07 Å². The van der Waals surface area contributed by atoms with Crippen molar-refractivity contribution in [2.24, 2.45) is 0 Å². The maximum Gasteiger partial charge on any atom is 0.250 e. The van der Waals surface area contributed by atoms with Crippen molar-refractivity contribution in [1.29, 1.82) is 0 Å². The number of carbonyl (C=O) groups is 1. The van der Waals surface area contributed by atoms with Crippen molar-refractivity contribution in [3.63, 3.8) is 0 Å². The molecule has 5 heteroatoms. The van der Waals surface area contributed by atoms with Crippen LogP contribution < -0.4 is 16.6 Å². The summed E-state index contributed by atoms with van der Waals surface area (Å²) in [5.74, 6) is -0.0407. The van der Waals surface area contributed by atoms with Crippen LogP contribution in [0.1, 0.15) is 19.3 Å². The second-order valence-electron chi connectivity index (χ2n) is 4.86. The van der Waals surface area contributed by atoms with E-state index in [1.165, 1.54) is 6.07 Å². The first-order valence-electron chi connectivity index (χ1n) is 6.96. The first-order valence-corrected chi connectivity index (χ1v) is 6.96. The van der Waals surface area contributed by atoms with Crippen LogP contribution >= 0.6 is 0 Å². The van der Waals surface area contributed by atoms with Crippen LogP contribution in [-0.2, 0) is 11.3 Å². The fourth-order valence-corrected chi connectivity index (χ4v) is 2.05. The summed E-state index contributed by atoms with van der Waals surface area (Å²) in [5, 5.41) is 2.81. The van der Waals surface area contributed by atoms with Gasteiger partial charge in [0.15, 0.2) is 0 Å². The third kappa shape index (κ3) is 4.80. The van der Waals surface area contributed by atoms with Gasteiger partial charge in [0.2, 0.25) is 11.5 Å². The Morgan fingerprint density at radius 2 is 2.00 bits per heavy atom. The summed E-state index contributed by atoms with van der Waals surface area (Å²) < 4.78 is 1.65. The SMILES string of the molecule is Nc1cccc(NC(=O)CCCCn2ccccc2=O)c1. The third-order valence-electron chi connectivity index (χ3n) is 3.12. The fourth-order valence-electron chi connectivity index (χ4n) is 2.05. The van der Waals surface area contributed by atoms with Gasteiger partial charge in [0.05, 0.1) is 0 Å². The van der Waals surface area contributed by atoms with Crippen molar-refractivity contribution in [2.45, 2.75) is 25.8 Å². The minimum absolute atomic E-state index is 0.0123. The number of nitrogen functional groups attached to an aromatic ring is 1. The van der Waals surface area contributed by atoms with E-state index >= 15 is 0 Å². The zero-order chi connectivity index (χ0) is 15.1. The Labute approximate surface area is 123 Å². The number of rotatable bonds is 6. The van der Waals surface area contributed by atoms with E-state index in [1.54, 1.807) is 41.1 Å². The lowest BCUT2D eigenvalue weighted by Crippen LogP contribution is -2.18. The van der Waals surface area contributed by atoms with Crippen LogP contribution in [0.25, 0.3) is 0 Å². The molecule has 0 fully saturated rings. The van der Waals surface area contributed by atoms with Crippen LogP contribution in [0.15, 0.2) is 53.5 Å². The van der Waals surface area contributed by atoms with E-state index in [4.69, 9.17) is 5.73 Å². The maximum atomic E-state index is 11.8. The van der Waals surface area contributed by atoms with Gasteiger partial charge in [-0.2, -0.15) is 0 Å². The van der Waals surface area contributed by atoms with Crippen molar-refractivity contribution < 1.29 is 4.79 Å². The van der Waals surface area contributed by atoms with E-state index in [-0.39, 0.29) is 11.5 Å². The minimum atomic E-state index is -0.0407. The predicted molar refractivity (Wildman–Crippen MR) is 84.0 cm³/mol. The highest BCUT2D eigenvalue weighted by Crippen LogP contribution is 2.12. The average Bonchev–Trinajstić information content (AvgIpc) is 2.45. The summed E-state index contributed by atoms with van der Waals surface area (Å²) in [4.78, 5) is 23.3. The number of hydrogen-bond donors (Lipinski definition) is 2. The van der Waals surface area contributed by atoms with Gasteiger partial charge in [-0.05, 0) is 37.1 Å². The average molecular weight is 285 g/mol. The number of nitrogens with zero attached hydrogens (tertiary/aromatic N) is 1. The molecule has 2 aromatic rings. The summed E-state index contributed by atoms with van der Waals surface area (Å²) in [6.07, 6.45) is 3.70. The number of aryl methyl sites for hydroxylation is 1. The number of nitrogens with two attached hydrogens (primary N) is 1. The van der Waals surface area contributed by atoms with Gasteiger partial charge >= 0.3 is 0 Å². The Hall–Kier alpha value is -2.56. The van der Waals surface area contributed by atoms with Crippen molar-refractivity contribution in [1.82, 2.24) is 4.57 Å². The number of benzene rings is 1. The standard InChI is InChI=1S/C16H19N3O2/c17-13-6-5-7-14(12-13)18-15(20)8-1-3-10-19-11-4-2-9-16(19)21/h2,4-7,9,11-12H,1,3,8,10,17H2,(H,18,20). The Bertz CT molecular complexity index is 664. The number of hydrogen-bond acceptors (Lipinski definition) is 3. The minimum Gasteiger partial charge on any atom is -0.399 e. The highest BCUT2D eigenvalue weighted by atomic mass is 16.1. The summed E-state index contributed by atoms with van der Waals surface area (Å²) >= 11 is 0. The molecule has 0 unspecified atom stereocenters. The first kappa shape index (κ1) is 14.8. The second-order valence-corrected chi connectivity index (χ2v) is 4.86. The molecule has 1 heterocycles. The van der Waals surface area contributed by atoms with E-state index in [9.17, 15) is 9.59 Å². The Morgan fingerprint density at radius 3 is 2.76 bits per heavy atom. The van der Waals surface area contributed by atoms with Gasteiger partial charge in [-0.3, -0.25) is 9.59 Å². The van der Waals surface area contributed by atoms with E-state index in [2.05, 4.69) is 5.32 Å². The van der Waals surface area contributed by atoms with Crippen LogP contribution in [-0.4, -0.2) is 10.5 Å². The lowest BCUT2D eigenvalue weighted by atomic mass is 10.2. The number of amides is 1. The number of anilines is 2. The molecular weight excluding hydrogens is 266 g/mol. The summed E-state index contributed by atoms with van der Waals surface area (Å²) in [6.45, 7) is 0.630. The van der Waals surface area contributed by atoms with Crippen LogP contribution in [0.4, 0.5) is 11.4 Å². The highest BCUT2D eigenvalue weighted by molar-refractivity contribution is 5.91. The molecule has 1 amide bonds. The second kappa shape index (κ2) is 7.28. The van der Waals surface area contributed by atoms with Gasteiger partial charge in [-0.15, -0.1) is 0 Å². The third-order valence-corrected chi connectivity index (χ3v) is 3.12. The molecule has 3 N–H and O–H groups in total. The molecule has 0 atom stereocenters. The van der Waals surface area contributed by atoms with E-state index < -0.39 is 0 Å². The molecule has 2 rings (SSSR count). The predicted octanol–water partition coefficient (Wildman–Crippen LogP) is 2.24. The zero-order valence-corrected chi connectivity index (χ0v) is 11.8. The van der Waals surface area contributed by atoms with Gasteiger partial charge in [0.1, 0.15) is 0 Å². The molecule has 0 radical (unpaired) electrons. The van der Waals surface area contributed by atoms with Crippen molar-refractivity contribution in [3.8, 4) is 0 Å². The van der Waals surface area contributed by atoms with Crippen LogP contribution in [0, 0.1) is 0 Å². The monoisotopic (exact) mass is 285 g/mol. The van der Waals surface area contributed by atoms with Crippen molar-refractivity contribution in [2.75, 3.05) is 11.1 Å². The van der Waals surface area contributed by atoms with Gasteiger partial charge < -0.3 is 15.6 Å². The number of carbonyl (C=O) groups excluding carboxylic acids is 1. The topological polar surface area (TPSA) is 77.1 Å². The van der Waals surface area contributed by atoms with Crippen LogP contribution in [0.2, 0.25) is 0 Å².